The van der Waals surface area contributed by atoms with Gasteiger partial charge in [0.2, 0.25) is 5.88 Å². The molecule has 1 fully saturated rings. The van der Waals surface area contributed by atoms with Gasteiger partial charge in [0, 0.05) is 48.4 Å². The van der Waals surface area contributed by atoms with Crippen molar-refractivity contribution >= 4 is 23.1 Å². The number of piperidine rings is 1. The minimum Gasteiger partial charge on any atom is -0.492 e. The summed E-state index contributed by atoms with van der Waals surface area (Å²) in [6.07, 6.45) is 6.70. The van der Waals surface area contributed by atoms with Crippen LogP contribution in [0.1, 0.15) is 49.8 Å². The van der Waals surface area contributed by atoms with Crippen LogP contribution >= 0.6 is 11.6 Å². The highest BCUT2D eigenvalue weighted by atomic mass is 35.5. The van der Waals surface area contributed by atoms with Gasteiger partial charge in [-0.25, -0.2) is 4.98 Å². The first-order valence-corrected chi connectivity index (χ1v) is 14.0. The van der Waals surface area contributed by atoms with Gasteiger partial charge >= 0.3 is 5.97 Å². The molecule has 2 aliphatic heterocycles. The van der Waals surface area contributed by atoms with E-state index in [1.54, 1.807) is 20.0 Å². The summed E-state index contributed by atoms with van der Waals surface area (Å²) in [6, 6.07) is 17.0. The average molecular weight is 563 g/mol. The zero-order chi connectivity index (χ0) is 28.3. The number of aliphatic carboxylic acids is 1. The Labute approximate surface area is 240 Å². The van der Waals surface area contributed by atoms with E-state index in [1.165, 1.54) is 0 Å². The Balaban J connectivity index is 1.30. The van der Waals surface area contributed by atoms with Crippen LogP contribution in [0.2, 0.25) is 5.02 Å². The highest BCUT2D eigenvalue weighted by Crippen LogP contribution is 2.42. The number of rotatable bonds is 8. The van der Waals surface area contributed by atoms with E-state index in [9.17, 15) is 15.0 Å². The molecule has 3 aromatic rings. The Morgan fingerprint density at radius 1 is 1.15 bits per heavy atom. The molecule has 0 aliphatic carbocycles. The quantitative estimate of drug-likeness (QED) is 0.331. The highest BCUT2D eigenvalue weighted by molar-refractivity contribution is 6.30. The molecule has 0 unspecified atom stereocenters. The molecular weight excluding hydrogens is 528 g/mol. The van der Waals surface area contributed by atoms with Crippen molar-refractivity contribution in [3.05, 3.63) is 88.6 Å². The summed E-state index contributed by atoms with van der Waals surface area (Å²) in [4.78, 5) is 18.5. The van der Waals surface area contributed by atoms with Crippen LogP contribution in [-0.4, -0.2) is 52.3 Å². The number of carbonyl (C=O) groups is 1. The molecule has 0 spiro atoms. The summed E-state index contributed by atoms with van der Waals surface area (Å²) in [5.74, 6) is 0.906. The van der Waals surface area contributed by atoms with E-state index < -0.39 is 17.0 Å². The lowest BCUT2D eigenvalue weighted by Crippen LogP contribution is -2.42. The minimum absolute atomic E-state index is 0.0420. The molecule has 8 heteroatoms. The molecular formula is C32H35ClN2O5. The molecule has 40 heavy (non-hydrogen) atoms. The van der Waals surface area contributed by atoms with Crippen LogP contribution in [-0.2, 0) is 16.8 Å². The number of ether oxygens (including phenoxy) is 2. The lowest BCUT2D eigenvalue weighted by Gasteiger charge is -2.38. The van der Waals surface area contributed by atoms with E-state index in [0.717, 1.165) is 48.3 Å². The van der Waals surface area contributed by atoms with Crippen LogP contribution in [0, 0.1) is 5.41 Å². The van der Waals surface area contributed by atoms with Gasteiger partial charge in [-0.15, -0.1) is 0 Å². The number of halogens is 1. The van der Waals surface area contributed by atoms with Gasteiger partial charge in [0.15, 0.2) is 0 Å². The summed E-state index contributed by atoms with van der Waals surface area (Å²) in [5, 5.41) is 21.4. The predicted octanol–water partition coefficient (Wildman–Crippen LogP) is 6.33. The third kappa shape index (κ3) is 6.17. The standard InChI is InChI=1S/C32H35ClN2O5/c1-31(2,30(36)37)21-39-27-8-3-9-28-26(27)20-22(25-7-4-16-34-29(25)40-28)6-5-17-35-18-14-32(38,15-19-35)23-10-12-24(33)13-11-23/h3-4,6-13,16,38H,5,14-15,17-21H2,1-2H3,(H,36,37). The number of aliphatic hydroxyl groups is 1. The smallest absolute Gasteiger partial charge is 0.312 e. The lowest BCUT2D eigenvalue weighted by atomic mass is 9.84. The third-order valence-corrected chi connectivity index (χ3v) is 8.10. The molecule has 2 N–H and O–H groups in total. The van der Waals surface area contributed by atoms with Gasteiger partial charge in [-0.2, -0.15) is 0 Å². The third-order valence-electron chi connectivity index (χ3n) is 7.85. The predicted molar refractivity (Wildman–Crippen MR) is 155 cm³/mol. The van der Waals surface area contributed by atoms with Gasteiger partial charge < -0.3 is 24.6 Å². The lowest BCUT2D eigenvalue weighted by molar-refractivity contribution is -0.148. The summed E-state index contributed by atoms with van der Waals surface area (Å²) < 4.78 is 12.3. The number of hydrogen-bond acceptors (Lipinski definition) is 6. The van der Waals surface area contributed by atoms with Crippen molar-refractivity contribution in [3.63, 3.8) is 0 Å². The number of carboxylic acid groups (broad SMARTS) is 1. The fourth-order valence-electron chi connectivity index (χ4n) is 5.18. The number of likely N-dealkylation sites (tertiary alicyclic amines) is 1. The molecule has 0 bridgehead atoms. The molecule has 210 valence electrons. The number of pyridine rings is 1. The topological polar surface area (TPSA) is 92.1 Å². The van der Waals surface area contributed by atoms with Crippen molar-refractivity contribution in [2.45, 2.75) is 45.1 Å². The van der Waals surface area contributed by atoms with Crippen LogP contribution in [0.5, 0.6) is 17.4 Å². The van der Waals surface area contributed by atoms with Crippen molar-refractivity contribution in [2.75, 3.05) is 26.2 Å². The zero-order valence-corrected chi connectivity index (χ0v) is 23.7. The molecule has 3 heterocycles. The first-order valence-electron chi connectivity index (χ1n) is 13.7. The van der Waals surface area contributed by atoms with Crippen LogP contribution in [0.3, 0.4) is 0 Å². The Kier molecular flexibility index (Phi) is 8.17. The molecule has 7 nitrogen and oxygen atoms in total. The second-order valence-corrected chi connectivity index (χ2v) is 11.7. The summed E-state index contributed by atoms with van der Waals surface area (Å²) in [7, 11) is 0. The molecule has 1 aromatic heterocycles. The SMILES string of the molecule is CC(C)(COc1cccc2c1CC(=CCCN1CCC(O)(c3ccc(Cl)cc3)CC1)c1cccnc1O2)C(=O)O. The number of aromatic nitrogens is 1. The van der Waals surface area contributed by atoms with E-state index in [-0.39, 0.29) is 6.61 Å². The maximum absolute atomic E-state index is 11.6. The number of benzene rings is 2. The fraction of sp³-hybridized carbons (Fsp3) is 0.375. The van der Waals surface area contributed by atoms with Gasteiger partial charge in [0.25, 0.3) is 0 Å². The number of fused-ring (bicyclic) bond motifs is 2. The van der Waals surface area contributed by atoms with Gasteiger partial charge in [0.05, 0.1) is 11.0 Å². The largest absolute Gasteiger partial charge is 0.492 e. The van der Waals surface area contributed by atoms with Gasteiger partial charge in [-0.1, -0.05) is 35.9 Å². The van der Waals surface area contributed by atoms with E-state index in [4.69, 9.17) is 21.1 Å². The van der Waals surface area contributed by atoms with Gasteiger partial charge in [-0.05, 0) is 80.6 Å². The molecule has 0 amide bonds. The highest BCUT2D eigenvalue weighted by Gasteiger charge is 2.34. The molecule has 0 saturated carbocycles. The average Bonchev–Trinajstić information content (AvgIpc) is 3.10. The minimum atomic E-state index is -1.02. The van der Waals surface area contributed by atoms with Crippen LogP contribution in [0.15, 0.2) is 66.9 Å². The summed E-state index contributed by atoms with van der Waals surface area (Å²) in [6.45, 7) is 5.83. The van der Waals surface area contributed by atoms with Gasteiger partial charge in [0.1, 0.15) is 18.1 Å². The first-order chi connectivity index (χ1) is 19.1. The normalized spacial score (nSPS) is 17.9. The Bertz CT molecular complexity index is 1390. The second-order valence-electron chi connectivity index (χ2n) is 11.2. The number of carboxylic acids is 1. The van der Waals surface area contributed by atoms with E-state index >= 15 is 0 Å². The van der Waals surface area contributed by atoms with E-state index in [0.29, 0.717) is 41.7 Å². The van der Waals surface area contributed by atoms with Crippen LogP contribution in [0.4, 0.5) is 0 Å². The van der Waals surface area contributed by atoms with Crippen molar-refractivity contribution in [1.29, 1.82) is 0 Å². The second kappa shape index (κ2) is 11.6. The molecule has 5 rings (SSSR count). The summed E-state index contributed by atoms with van der Waals surface area (Å²) in [5.41, 5.74) is 1.98. The van der Waals surface area contributed by atoms with Crippen molar-refractivity contribution in [1.82, 2.24) is 9.88 Å². The Morgan fingerprint density at radius 2 is 1.90 bits per heavy atom. The van der Waals surface area contributed by atoms with Gasteiger partial charge in [-0.3, -0.25) is 4.79 Å². The molecule has 0 radical (unpaired) electrons. The Morgan fingerprint density at radius 3 is 2.62 bits per heavy atom. The Hall–Kier alpha value is -3.39. The molecule has 1 saturated heterocycles. The van der Waals surface area contributed by atoms with E-state index in [1.807, 2.05) is 54.6 Å². The number of nitrogens with zero attached hydrogens (tertiary/aromatic N) is 2. The molecule has 2 aromatic carbocycles. The van der Waals surface area contributed by atoms with Crippen LogP contribution in [0.25, 0.3) is 5.57 Å². The molecule has 0 atom stereocenters. The van der Waals surface area contributed by atoms with Crippen molar-refractivity contribution in [2.24, 2.45) is 5.41 Å². The summed E-state index contributed by atoms with van der Waals surface area (Å²) >= 11 is 6.03. The maximum atomic E-state index is 11.6. The maximum Gasteiger partial charge on any atom is 0.312 e. The van der Waals surface area contributed by atoms with E-state index in [2.05, 4.69) is 16.0 Å². The van der Waals surface area contributed by atoms with Crippen molar-refractivity contribution < 1.29 is 24.5 Å². The fourth-order valence-corrected chi connectivity index (χ4v) is 5.30. The first kappa shape index (κ1) is 28.1. The number of hydrogen-bond donors (Lipinski definition) is 2. The van der Waals surface area contributed by atoms with Crippen molar-refractivity contribution in [3.8, 4) is 17.4 Å². The monoisotopic (exact) mass is 562 g/mol. The van der Waals surface area contributed by atoms with Crippen LogP contribution < -0.4 is 9.47 Å². The zero-order valence-electron chi connectivity index (χ0n) is 22.9. The molecule has 2 aliphatic rings. The number of allylic oxidation sites excluding steroid dienone is 1.